The molecule has 6 heteroatoms. The predicted molar refractivity (Wildman–Crippen MR) is 511 cm³/mol. The van der Waals surface area contributed by atoms with Gasteiger partial charge in [0.05, 0.1) is 55.8 Å². The van der Waals surface area contributed by atoms with Gasteiger partial charge in [-0.05, 0) is 233 Å². The fourth-order valence-electron chi connectivity index (χ4n) is 19.0. The third kappa shape index (κ3) is 12.5. The van der Waals surface area contributed by atoms with E-state index >= 15 is 0 Å². The van der Waals surface area contributed by atoms with Crippen molar-refractivity contribution in [2.75, 3.05) is 0 Å². The molecule has 4 heterocycles. The molecular weight excluding hydrogens is 1480 g/mol. The van der Waals surface area contributed by atoms with Gasteiger partial charge in [-0.1, -0.05) is 322 Å². The van der Waals surface area contributed by atoms with Crippen molar-refractivity contribution in [3.8, 4) is 95.6 Å². The largest absolute Gasteiger partial charge is 0.309 e. The SMILES string of the molecule is N#Cc1cccc(-c2cccc(-c3ccc(-n4c5ccccc5c5cc(-c6ccc7c(c6)c6ccccc6n7-c6ccccc6)ccc54)cc3)c2)c1.c1ccc(-n2c3ccccc3c3cc(-c4ccc5c(c4)c4ccccc4n5-c4ccc(-c5cccc(-c6cccc([Si](c7ccccc7)(c7ccccc7)c7ccccc7)c6)c5)cc4)ccc32)cc1. The smallest absolute Gasteiger partial charge is 0.179 e. The molecule has 0 radical (unpaired) electrons. The maximum absolute atomic E-state index is 9.39. The molecule has 0 saturated carbocycles. The van der Waals surface area contributed by atoms with Crippen molar-refractivity contribution in [1.82, 2.24) is 18.3 Å². The van der Waals surface area contributed by atoms with Gasteiger partial charge in [0.15, 0.2) is 8.07 Å². The first-order valence-corrected chi connectivity index (χ1v) is 43.4. The lowest BCUT2D eigenvalue weighted by atomic mass is 9.98. The number of aromatic nitrogens is 4. The highest BCUT2D eigenvalue weighted by Gasteiger charge is 2.41. The summed E-state index contributed by atoms with van der Waals surface area (Å²) in [6.45, 7) is 0. The monoisotopic (exact) mass is 1560 g/mol. The summed E-state index contributed by atoms with van der Waals surface area (Å²) < 4.78 is 9.53. The topological polar surface area (TPSA) is 43.5 Å². The number of nitrogens with zero attached hydrogens (tertiary/aromatic N) is 5. The van der Waals surface area contributed by atoms with Crippen LogP contribution >= 0.6 is 0 Å². The standard InChI is InChI=1S/C66H46N2Si.C49H31N3/c1-5-22-53(23-6-1)67-63-33-15-13-31-59(63)61-45-51(37-41-65(61)67)52-38-42-66-62(46-52)60-32-14-16-34-64(60)68(66)54-39-35-47(36-40-54)48-19-17-20-49(43-48)50-21-18-30-58(44-50)69(55-24-7-2-8-25-55,56-26-9-3-10-27-56)57-28-11-4-12-29-57;50-32-33-10-8-11-35(28-33)37-13-9-12-36(29-37)34-20-24-41(25-21-34)52-47-19-7-5-17-43(47)45-31-39(23-27-49(45)52)38-22-26-48-44(30-38)42-16-4-6-18-46(42)51(48)40-14-2-1-3-15-40/h1-46H;1-31H. The van der Waals surface area contributed by atoms with Gasteiger partial charge in [0, 0.05) is 65.8 Å². The van der Waals surface area contributed by atoms with Crippen molar-refractivity contribution < 1.29 is 0 Å². The molecule has 0 bridgehead atoms. The fraction of sp³-hybridized carbons (Fsp3) is 0. The van der Waals surface area contributed by atoms with Crippen LogP contribution in [0.2, 0.25) is 0 Å². The molecular formula is C115H77N5Si. The number of para-hydroxylation sites is 6. The normalized spacial score (nSPS) is 11.6. The zero-order chi connectivity index (χ0) is 80.3. The van der Waals surface area contributed by atoms with Crippen molar-refractivity contribution in [2.45, 2.75) is 0 Å². The number of hydrogen-bond donors (Lipinski definition) is 0. The van der Waals surface area contributed by atoms with Crippen LogP contribution < -0.4 is 20.7 Å². The summed E-state index contributed by atoms with van der Waals surface area (Å²) in [7, 11) is -2.67. The molecule has 0 aliphatic rings. The molecule has 19 aromatic carbocycles. The van der Waals surface area contributed by atoms with Crippen molar-refractivity contribution in [3.05, 3.63) is 473 Å². The summed E-state index contributed by atoms with van der Waals surface area (Å²) in [5.41, 5.74) is 28.9. The molecule has 0 fully saturated rings. The van der Waals surface area contributed by atoms with Crippen LogP contribution in [0.25, 0.3) is 177 Å². The zero-order valence-corrected chi connectivity index (χ0v) is 67.2. The Kier molecular flexibility index (Phi) is 17.9. The lowest BCUT2D eigenvalue weighted by molar-refractivity contribution is 1.18. The molecule has 0 spiro atoms. The molecule has 0 atom stereocenters. The van der Waals surface area contributed by atoms with Crippen LogP contribution in [0.15, 0.2) is 467 Å². The van der Waals surface area contributed by atoms with E-state index in [1.165, 1.54) is 164 Å². The van der Waals surface area contributed by atoms with Gasteiger partial charge in [-0.25, -0.2) is 0 Å². The van der Waals surface area contributed by atoms with Gasteiger partial charge >= 0.3 is 0 Å². The van der Waals surface area contributed by atoms with Gasteiger partial charge in [0.2, 0.25) is 0 Å². The lowest BCUT2D eigenvalue weighted by Crippen LogP contribution is -2.74. The summed E-state index contributed by atoms with van der Waals surface area (Å²) in [5, 5.41) is 24.9. The van der Waals surface area contributed by atoms with Crippen LogP contribution in [0.1, 0.15) is 5.56 Å². The molecule has 0 aliphatic carbocycles. The molecule has 121 heavy (non-hydrogen) atoms. The van der Waals surface area contributed by atoms with Gasteiger partial charge in [-0.3, -0.25) is 0 Å². The third-order valence-electron chi connectivity index (χ3n) is 24.6. The molecule has 4 aromatic heterocycles. The van der Waals surface area contributed by atoms with Gasteiger partial charge < -0.3 is 18.3 Å². The van der Waals surface area contributed by atoms with E-state index in [1.807, 2.05) is 18.2 Å². The Hall–Kier alpha value is -15.9. The highest BCUT2D eigenvalue weighted by atomic mass is 28.3. The van der Waals surface area contributed by atoms with Gasteiger partial charge in [0.1, 0.15) is 0 Å². The molecule has 566 valence electrons. The van der Waals surface area contributed by atoms with Crippen molar-refractivity contribution >= 4 is 116 Å². The summed E-state index contributed by atoms with van der Waals surface area (Å²) in [4.78, 5) is 0. The maximum Gasteiger partial charge on any atom is 0.179 e. The number of rotatable bonds is 14. The number of hydrogen-bond acceptors (Lipinski definition) is 1. The van der Waals surface area contributed by atoms with E-state index in [2.05, 4.69) is 473 Å². The van der Waals surface area contributed by atoms with Crippen LogP contribution in [0, 0.1) is 11.3 Å². The Labute approximate surface area is 703 Å². The summed E-state index contributed by atoms with van der Waals surface area (Å²) >= 11 is 0. The Bertz CT molecular complexity index is 7830. The van der Waals surface area contributed by atoms with Gasteiger partial charge in [0.25, 0.3) is 0 Å². The first-order valence-electron chi connectivity index (χ1n) is 41.4. The first-order chi connectivity index (χ1) is 59.9. The number of fused-ring (bicyclic) bond motifs is 12. The van der Waals surface area contributed by atoms with Gasteiger partial charge in [-0.15, -0.1) is 0 Å². The predicted octanol–water partition coefficient (Wildman–Crippen LogP) is 27.0. The second kappa shape index (κ2) is 30.3. The van der Waals surface area contributed by atoms with Crippen molar-refractivity contribution in [2.24, 2.45) is 0 Å². The van der Waals surface area contributed by atoms with E-state index in [4.69, 9.17) is 0 Å². The van der Waals surface area contributed by atoms with Crippen LogP contribution in [-0.2, 0) is 0 Å². The molecule has 0 amide bonds. The summed E-state index contributed by atoms with van der Waals surface area (Å²) in [6.07, 6.45) is 0. The van der Waals surface area contributed by atoms with E-state index in [0.717, 1.165) is 33.6 Å². The quantitative estimate of drug-likeness (QED) is 0.0790. The Morgan fingerprint density at radius 1 is 0.157 bits per heavy atom. The Morgan fingerprint density at radius 2 is 0.388 bits per heavy atom. The van der Waals surface area contributed by atoms with Crippen LogP contribution in [-0.4, -0.2) is 26.3 Å². The highest BCUT2D eigenvalue weighted by molar-refractivity contribution is 7.20. The molecule has 23 aromatic rings. The second-order valence-corrected chi connectivity index (χ2v) is 35.2. The fourth-order valence-corrected chi connectivity index (χ4v) is 23.8. The van der Waals surface area contributed by atoms with Crippen LogP contribution in [0.3, 0.4) is 0 Å². The number of benzene rings is 19. The van der Waals surface area contributed by atoms with Crippen molar-refractivity contribution in [1.29, 1.82) is 5.26 Å². The Balaban J connectivity index is 0.000000151. The van der Waals surface area contributed by atoms with Gasteiger partial charge in [-0.2, -0.15) is 5.26 Å². The third-order valence-corrected chi connectivity index (χ3v) is 29.4. The Morgan fingerprint density at radius 3 is 0.719 bits per heavy atom. The van der Waals surface area contributed by atoms with Crippen LogP contribution in [0.5, 0.6) is 0 Å². The summed E-state index contributed by atoms with van der Waals surface area (Å²) in [6, 6.07) is 172. The summed E-state index contributed by atoms with van der Waals surface area (Å²) in [5.74, 6) is 0. The van der Waals surface area contributed by atoms with E-state index in [0.29, 0.717) is 5.56 Å². The molecule has 5 nitrogen and oxygen atoms in total. The molecule has 23 rings (SSSR count). The van der Waals surface area contributed by atoms with E-state index < -0.39 is 8.07 Å². The minimum atomic E-state index is -2.67. The highest BCUT2D eigenvalue weighted by Crippen LogP contribution is 2.43. The molecule has 0 saturated heterocycles. The number of nitriles is 1. The molecule has 0 aliphatic heterocycles. The van der Waals surface area contributed by atoms with E-state index in [1.54, 1.807) is 0 Å². The van der Waals surface area contributed by atoms with Crippen molar-refractivity contribution in [3.63, 3.8) is 0 Å². The van der Waals surface area contributed by atoms with E-state index in [9.17, 15) is 5.26 Å². The molecule has 0 unspecified atom stereocenters. The lowest BCUT2D eigenvalue weighted by Gasteiger charge is -2.34. The average molecular weight is 1560 g/mol. The van der Waals surface area contributed by atoms with E-state index in [-0.39, 0.29) is 0 Å². The molecule has 0 N–H and O–H groups in total. The minimum absolute atomic E-state index is 0.666. The first kappa shape index (κ1) is 71.6. The maximum atomic E-state index is 9.39. The second-order valence-electron chi connectivity index (χ2n) is 31.4. The average Bonchev–Trinajstić information content (AvgIpc) is 1.42. The zero-order valence-electron chi connectivity index (χ0n) is 66.2. The van der Waals surface area contributed by atoms with Crippen LogP contribution in [0.4, 0.5) is 0 Å². The minimum Gasteiger partial charge on any atom is -0.309 e.